The minimum Gasteiger partial charge on any atom is -0.481 e. The first-order valence-corrected chi connectivity index (χ1v) is 33.9. The average Bonchev–Trinajstić information content (AvgIpc) is 3.38. The molecule has 0 amide bonds. The molecule has 0 aromatic carbocycles. The van der Waals surface area contributed by atoms with E-state index in [9.17, 15) is 14.7 Å². The maximum absolute atomic E-state index is 11.9. The Bertz CT molecular complexity index is 909. The van der Waals surface area contributed by atoms with E-state index >= 15 is 0 Å². The van der Waals surface area contributed by atoms with Gasteiger partial charge in [0.05, 0.1) is 12.5 Å². The van der Waals surface area contributed by atoms with Gasteiger partial charge in [0.2, 0.25) is 0 Å². The number of rotatable bonds is 62. The van der Waals surface area contributed by atoms with Crippen molar-refractivity contribution in [2.75, 3.05) is 6.61 Å². The largest absolute Gasteiger partial charge is 0.481 e. The molecule has 4 heteroatoms. The van der Waals surface area contributed by atoms with Gasteiger partial charge in [-0.15, -0.1) is 0 Å². The van der Waals surface area contributed by atoms with Crippen LogP contribution < -0.4 is 0 Å². The fraction of sp³-hybridized carbons (Fsp3) is 0.971. The lowest BCUT2D eigenvalue weighted by molar-refractivity contribution is -0.144. The number of ether oxygens (including phenoxy) is 1. The molecule has 4 nitrogen and oxygen atoms in total. The van der Waals surface area contributed by atoms with Gasteiger partial charge in [-0.3, -0.25) is 9.59 Å². The van der Waals surface area contributed by atoms with Crippen LogP contribution in [0.2, 0.25) is 0 Å². The third-order valence-corrected chi connectivity index (χ3v) is 15.9. The molecule has 0 bridgehead atoms. The lowest BCUT2D eigenvalue weighted by Gasteiger charge is -2.12. The molecule has 0 aromatic rings. The van der Waals surface area contributed by atoms with E-state index in [1.165, 1.54) is 340 Å². The minimum absolute atomic E-state index is 0.0272. The van der Waals surface area contributed by atoms with Crippen molar-refractivity contribution in [3.05, 3.63) is 0 Å². The number of carbonyl (C=O) groups excluding carboxylic acids is 1. The molecule has 0 aliphatic carbocycles. The lowest BCUT2D eigenvalue weighted by Crippen LogP contribution is -2.13. The minimum atomic E-state index is -0.556. The second-order valence-corrected chi connectivity index (χ2v) is 23.3. The van der Waals surface area contributed by atoms with Crippen LogP contribution in [-0.4, -0.2) is 23.7 Å². The van der Waals surface area contributed by atoms with Crippen molar-refractivity contribution in [2.45, 2.75) is 413 Å². The summed E-state index contributed by atoms with van der Waals surface area (Å²) in [6, 6.07) is 0. The van der Waals surface area contributed by atoms with E-state index in [0.717, 1.165) is 38.5 Å². The zero-order chi connectivity index (χ0) is 52.6. The normalized spacial score (nSPS) is 11.4. The number of carboxylic acids is 1. The molecule has 0 saturated heterocycles. The molecule has 0 atom stereocenters. The van der Waals surface area contributed by atoms with Crippen molar-refractivity contribution in [3.8, 4) is 0 Å². The molecule has 1 N–H and O–H groups in total. The van der Waals surface area contributed by atoms with Crippen molar-refractivity contribution in [2.24, 2.45) is 5.92 Å². The van der Waals surface area contributed by atoms with E-state index in [2.05, 4.69) is 27.7 Å². The molecule has 432 valence electrons. The van der Waals surface area contributed by atoms with E-state index in [1.54, 1.807) is 0 Å². The summed E-state index contributed by atoms with van der Waals surface area (Å²) in [5, 5.41) is 9.58. The molecule has 0 spiro atoms. The summed E-state index contributed by atoms with van der Waals surface area (Å²) in [4.78, 5) is 23.5. The molecule has 0 aliphatic heterocycles. The van der Waals surface area contributed by atoms with Gasteiger partial charge in [-0.25, -0.2) is 0 Å². The Morgan fingerprint density at radius 3 is 0.653 bits per heavy atom. The summed E-state index contributed by atoms with van der Waals surface area (Å²) in [6.07, 6.45) is 80.0. The molecule has 0 aliphatic rings. The number of unbranched alkanes of at least 4 members (excludes halogenated alkanes) is 53. The van der Waals surface area contributed by atoms with Crippen LogP contribution >= 0.6 is 0 Å². The number of hydrogen-bond acceptors (Lipinski definition) is 3. The van der Waals surface area contributed by atoms with Gasteiger partial charge in [-0.05, 0) is 25.7 Å². The zero-order valence-corrected chi connectivity index (χ0v) is 50.4. The summed E-state index contributed by atoms with van der Waals surface area (Å²) >= 11 is 0. The van der Waals surface area contributed by atoms with Gasteiger partial charge < -0.3 is 9.84 Å². The number of hydrogen-bond donors (Lipinski definition) is 1. The summed E-state index contributed by atoms with van der Waals surface area (Å²) < 4.78 is 5.43. The van der Waals surface area contributed by atoms with Gasteiger partial charge in [-0.2, -0.15) is 0 Å². The van der Waals surface area contributed by atoms with Gasteiger partial charge in [-0.1, -0.05) is 381 Å². The maximum atomic E-state index is 11.9. The smallest absolute Gasteiger partial charge is 0.306 e. The van der Waals surface area contributed by atoms with Crippen molar-refractivity contribution < 1.29 is 19.4 Å². The summed E-state index contributed by atoms with van der Waals surface area (Å²) in [5.41, 5.74) is 0. The van der Waals surface area contributed by atoms with Crippen molar-refractivity contribution in [1.29, 1.82) is 0 Å². The monoisotopic (exact) mass is 1020 g/mol. The van der Waals surface area contributed by atoms with Crippen molar-refractivity contribution >= 4 is 11.9 Å². The Hall–Kier alpha value is -1.06. The molecule has 0 radical (unpaired) electrons. The number of carbonyl (C=O) groups is 2. The highest BCUT2D eigenvalue weighted by atomic mass is 16.5. The molecule has 0 saturated carbocycles. The topological polar surface area (TPSA) is 63.6 Å². The Morgan fingerprint density at radius 2 is 0.444 bits per heavy atom. The number of esters is 1. The Kier molecular flexibility index (Phi) is 68.9. The quantitative estimate of drug-likeness (QED) is 0.0487. The number of aliphatic carboxylic acids is 1. The van der Waals surface area contributed by atoms with Crippen molar-refractivity contribution in [3.63, 3.8) is 0 Å². The van der Waals surface area contributed by atoms with Gasteiger partial charge in [0.25, 0.3) is 0 Å². The standard InChI is InChI=1S/2C34H68O2/c1-3-5-7-9-11-13-15-17-19-20-22-24-26-28-30-32-34(35)36-33-31-29-27-25-23-21-18-16-14-12-10-8-6-4-2;1-3-5-7-9-11-13-15-17-19-21-23-25-27-29-31-33(34(35)36)32-30-28-26-24-22-20-18-16-14-12-10-8-6-4-2/h3-33H2,1-2H3;33H,3-32H2,1-2H3,(H,35,36). The van der Waals surface area contributed by atoms with Crippen LogP contribution in [0.25, 0.3) is 0 Å². The Morgan fingerprint density at radius 1 is 0.264 bits per heavy atom. The van der Waals surface area contributed by atoms with Gasteiger partial charge >= 0.3 is 11.9 Å². The third-order valence-electron chi connectivity index (χ3n) is 15.9. The fourth-order valence-corrected chi connectivity index (χ4v) is 10.8. The molecular formula is C68H136O4. The second-order valence-electron chi connectivity index (χ2n) is 23.3. The molecule has 72 heavy (non-hydrogen) atoms. The molecule has 0 rings (SSSR count). The first-order valence-electron chi connectivity index (χ1n) is 33.9. The highest BCUT2D eigenvalue weighted by Gasteiger charge is 2.16. The van der Waals surface area contributed by atoms with Gasteiger partial charge in [0.1, 0.15) is 0 Å². The SMILES string of the molecule is CCCCCCCCCCCCCCCCC(CCCCCCCCCCCCCCCC)C(=O)O.CCCCCCCCCCCCCCCCCC(=O)OCCCCCCCCCCCCCCCC. The van der Waals surface area contributed by atoms with E-state index in [1.807, 2.05) is 0 Å². The van der Waals surface area contributed by atoms with Crippen LogP contribution in [0, 0.1) is 5.92 Å². The van der Waals surface area contributed by atoms with E-state index < -0.39 is 5.97 Å². The Balaban J connectivity index is 0. The summed E-state index contributed by atoms with van der Waals surface area (Å²) in [5.74, 6) is -0.626. The van der Waals surface area contributed by atoms with Crippen LogP contribution in [0.5, 0.6) is 0 Å². The van der Waals surface area contributed by atoms with Gasteiger partial charge in [0.15, 0.2) is 0 Å². The predicted molar refractivity (Wildman–Crippen MR) is 322 cm³/mol. The highest BCUT2D eigenvalue weighted by Crippen LogP contribution is 2.22. The average molecular weight is 1020 g/mol. The fourth-order valence-electron chi connectivity index (χ4n) is 10.8. The van der Waals surface area contributed by atoms with Crippen LogP contribution in [0.3, 0.4) is 0 Å². The zero-order valence-electron chi connectivity index (χ0n) is 50.4. The van der Waals surface area contributed by atoms with E-state index in [-0.39, 0.29) is 11.9 Å². The van der Waals surface area contributed by atoms with Crippen LogP contribution in [0.1, 0.15) is 413 Å². The third kappa shape index (κ3) is 67.0. The molecular weight excluding hydrogens is 881 g/mol. The molecule has 0 aromatic heterocycles. The first kappa shape index (κ1) is 73.0. The molecule has 0 heterocycles. The van der Waals surface area contributed by atoms with E-state index in [4.69, 9.17) is 4.74 Å². The highest BCUT2D eigenvalue weighted by molar-refractivity contribution is 5.70. The summed E-state index contributed by atoms with van der Waals surface area (Å²) in [7, 11) is 0. The Labute approximate surface area is 454 Å². The van der Waals surface area contributed by atoms with Crippen LogP contribution in [-0.2, 0) is 14.3 Å². The van der Waals surface area contributed by atoms with Crippen LogP contribution in [0.4, 0.5) is 0 Å². The second kappa shape index (κ2) is 68.0. The molecule has 0 fully saturated rings. The summed E-state index contributed by atoms with van der Waals surface area (Å²) in [6.45, 7) is 9.78. The lowest BCUT2D eigenvalue weighted by atomic mass is 9.94. The number of carboxylic acid groups (broad SMARTS) is 1. The van der Waals surface area contributed by atoms with E-state index in [0.29, 0.717) is 13.0 Å². The van der Waals surface area contributed by atoms with Crippen LogP contribution in [0.15, 0.2) is 0 Å². The first-order chi connectivity index (χ1) is 35.5. The predicted octanol–water partition coefficient (Wildman–Crippen LogP) is 24.7. The van der Waals surface area contributed by atoms with Crippen molar-refractivity contribution in [1.82, 2.24) is 0 Å². The molecule has 0 unspecified atom stereocenters. The van der Waals surface area contributed by atoms with Gasteiger partial charge in [0, 0.05) is 6.42 Å². The maximum Gasteiger partial charge on any atom is 0.306 e.